The van der Waals surface area contributed by atoms with Gasteiger partial charge in [0.25, 0.3) is 5.91 Å². The maximum absolute atomic E-state index is 13.8. The van der Waals surface area contributed by atoms with Crippen LogP contribution in [-0.2, 0) is 4.74 Å². The molecular weight excluding hydrogens is 418 g/mol. The Balaban J connectivity index is 1.50. The van der Waals surface area contributed by atoms with Gasteiger partial charge in [-0.2, -0.15) is 0 Å². The Bertz CT molecular complexity index is 1410. The van der Waals surface area contributed by atoms with Crippen LogP contribution in [0.3, 0.4) is 0 Å². The summed E-state index contributed by atoms with van der Waals surface area (Å²) in [6, 6.07) is 14.7. The van der Waals surface area contributed by atoms with Gasteiger partial charge in [0.2, 0.25) is 5.76 Å². The number of carbonyl (C=O) groups is 1. The molecule has 166 valence electrons. The maximum atomic E-state index is 13.8. The maximum Gasteiger partial charge on any atom is 0.290 e. The molecule has 7 nitrogen and oxygen atoms in total. The van der Waals surface area contributed by atoms with Crippen LogP contribution in [0.25, 0.3) is 21.7 Å². The van der Waals surface area contributed by atoms with E-state index in [1.54, 1.807) is 23.4 Å². The minimum atomic E-state index is -0.519. The van der Waals surface area contributed by atoms with Gasteiger partial charge >= 0.3 is 0 Å². The van der Waals surface area contributed by atoms with Crippen molar-refractivity contribution in [3.8, 4) is 0 Å². The monoisotopic (exact) mass is 441 g/mol. The number of carbonyl (C=O) groups excluding carboxylic acids is 1. The molecule has 1 atom stereocenters. The largest absolute Gasteiger partial charge is 0.450 e. The van der Waals surface area contributed by atoms with Crippen molar-refractivity contribution in [1.82, 2.24) is 14.8 Å². The van der Waals surface area contributed by atoms with E-state index in [-0.39, 0.29) is 17.1 Å². The van der Waals surface area contributed by atoms with E-state index in [0.29, 0.717) is 42.8 Å². The van der Waals surface area contributed by atoms with E-state index in [4.69, 9.17) is 9.15 Å². The second-order valence-corrected chi connectivity index (χ2v) is 8.48. The molecule has 1 saturated heterocycles. The lowest BCUT2D eigenvalue weighted by molar-refractivity contribution is 0.0314. The summed E-state index contributed by atoms with van der Waals surface area (Å²) < 4.78 is 11.7. The van der Waals surface area contributed by atoms with Crippen LogP contribution in [-0.4, -0.2) is 60.1 Å². The molecule has 0 spiro atoms. The first kappa shape index (κ1) is 20.1. The van der Waals surface area contributed by atoms with Crippen LogP contribution in [0.4, 0.5) is 0 Å². The van der Waals surface area contributed by atoms with Crippen molar-refractivity contribution in [3.05, 3.63) is 88.0 Å². The summed E-state index contributed by atoms with van der Waals surface area (Å²) in [5.41, 5.74) is 1.51. The number of amides is 1. The number of fused-ring (bicyclic) bond motifs is 4. The van der Waals surface area contributed by atoms with Gasteiger partial charge in [-0.1, -0.05) is 36.4 Å². The predicted molar refractivity (Wildman–Crippen MR) is 124 cm³/mol. The van der Waals surface area contributed by atoms with Crippen molar-refractivity contribution in [2.75, 3.05) is 39.4 Å². The van der Waals surface area contributed by atoms with Crippen molar-refractivity contribution in [2.45, 2.75) is 6.04 Å². The smallest absolute Gasteiger partial charge is 0.290 e. The van der Waals surface area contributed by atoms with E-state index < -0.39 is 6.04 Å². The molecule has 2 aliphatic rings. The first-order valence-corrected chi connectivity index (χ1v) is 11.2. The summed E-state index contributed by atoms with van der Waals surface area (Å²) in [5, 5.41) is 2.28. The first-order chi connectivity index (χ1) is 16.2. The molecule has 33 heavy (non-hydrogen) atoms. The van der Waals surface area contributed by atoms with Gasteiger partial charge in [-0.25, -0.2) is 0 Å². The SMILES string of the molecule is O=C1c2oc3c(ccc4ccccc43)c(=O)c2C(c2cccnc2)N1CCN1CCOCC1. The summed E-state index contributed by atoms with van der Waals surface area (Å²) >= 11 is 0. The molecule has 0 N–H and O–H groups in total. The van der Waals surface area contributed by atoms with Crippen molar-refractivity contribution in [1.29, 1.82) is 0 Å². The van der Waals surface area contributed by atoms with Gasteiger partial charge in [0.15, 0.2) is 5.43 Å². The minimum Gasteiger partial charge on any atom is -0.450 e. The van der Waals surface area contributed by atoms with Crippen molar-refractivity contribution < 1.29 is 13.9 Å². The molecule has 2 aliphatic heterocycles. The van der Waals surface area contributed by atoms with Crippen LogP contribution in [0.15, 0.2) is 70.1 Å². The van der Waals surface area contributed by atoms with Crippen LogP contribution >= 0.6 is 0 Å². The molecule has 0 radical (unpaired) electrons. The predicted octanol–water partition coefficient (Wildman–Crippen LogP) is 3.22. The lowest BCUT2D eigenvalue weighted by Crippen LogP contribution is -2.42. The molecule has 1 fully saturated rings. The Morgan fingerprint density at radius 2 is 1.79 bits per heavy atom. The second-order valence-electron chi connectivity index (χ2n) is 8.48. The van der Waals surface area contributed by atoms with E-state index in [0.717, 1.165) is 29.4 Å². The minimum absolute atomic E-state index is 0.139. The molecule has 1 amide bonds. The average Bonchev–Trinajstić information content (AvgIpc) is 3.15. The number of aromatic nitrogens is 1. The lowest BCUT2D eigenvalue weighted by Gasteiger charge is -2.30. The number of hydrogen-bond donors (Lipinski definition) is 0. The van der Waals surface area contributed by atoms with Crippen LogP contribution in [0.2, 0.25) is 0 Å². The molecule has 4 aromatic rings. The highest BCUT2D eigenvalue weighted by atomic mass is 16.5. The standard InChI is InChI=1S/C26H23N3O4/c30-23-20-8-7-17-4-1-2-6-19(17)24(20)33-25-21(23)22(18-5-3-9-27-16-18)29(26(25)31)11-10-28-12-14-32-15-13-28/h1-9,16,22H,10-15H2. The van der Waals surface area contributed by atoms with Crippen LogP contribution < -0.4 is 5.43 Å². The fraction of sp³-hybridized carbons (Fsp3) is 0.269. The number of rotatable bonds is 4. The van der Waals surface area contributed by atoms with Crippen molar-refractivity contribution in [2.24, 2.45) is 0 Å². The quantitative estimate of drug-likeness (QED) is 0.453. The molecular formula is C26H23N3O4. The number of ether oxygens (including phenoxy) is 1. The zero-order valence-corrected chi connectivity index (χ0v) is 18.1. The van der Waals surface area contributed by atoms with Gasteiger partial charge in [-0.05, 0) is 23.1 Å². The van der Waals surface area contributed by atoms with Gasteiger partial charge in [-0.15, -0.1) is 0 Å². The third-order valence-electron chi connectivity index (χ3n) is 6.62. The Hall–Kier alpha value is -3.55. The molecule has 0 saturated carbocycles. The molecule has 2 aromatic carbocycles. The highest BCUT2D eigenvalue weighted by Crippen LogP contribution is 2.38. The summed E-state index contributed by atoms with van der Waals surface area (Å²) in [4.78, 5) is 35.7. The van der Waals surface area contributed by atoms with E-state index in [1.807, 2.05) is 42.5 Å². The van der Waals surface area contributed by atoms with Gasteiger partial charge in [0.05, 0.1) is 30.2 Å². The molecule has 4 heterocycles. The third kappa shape index (κ3) is 3.32. The van der Waals surface area contributed by atoms with E-state index in [2.05, 4.69) is 9.88 Å². The fourth-order valence-electron chi connectivity index (χ4n) is 4.94. The Morgan fingerprint density at radius 1 is 0.939 bits per heavy atom. The zero-order chi connectivity index (χ0) is 22.4. The fourth-order valence-corrected chi connectivity index (χ4v) is 4.94. The van der Waals surface area contributed by atoms with Crippen molar-refractivity contribution in [3.63, 3.8) is 0 Å². The Labute approximate surface area is 190 Å². The molecule has 0 aliphatic carbocycles. The lowest BCUT2D eigenvalue weighted by atomic mass is 9.98. The normalized spacial score (nSPS) is 18.8. The van der Waals surface area contributed by atoms with Crippen LogP contribution in [0.5, 0.6) is 0 Å². The van der Waals surface area contributed by atoms with Gasteiger partial charge in [0, 0.05) is 44.0 Å². The Kier molecular flexibility index (Phi) is 4.93. The van der Waals surface area contributed by atoms with Crippen LogP contribution in [0, 0.1) is 0 Å². The number of morpholine rings is 1. The summed E-state index contributed by atoms with van der Waals surface area (Å²) in [6.07, 6.45) is 3.41. The first-order valence-electron chi connectivity index (χ1n) is 11.2. The van der Waals surface area contributed by atoms with Gasteiger partial charge in [0.1, 0.15) is 5.58 Å². The third-order valence-corrected chi connectivity index (χ3v) is 6.62. The van der Waals surface area contributed by atoms with E-state index in [1.165, 1.54) is 0 Å². The molecule has 2 aromatic heterocycles. The Morgan fingerprint density at radius 3 is 2.61 bits per heavy atom. The average molecular weight is 441 g/mol. The number of nitrogens with zero attached hydrogens (tertiary/aromatic N) is 3. The highest BCUT2D eigenvalue weighted by Gasteiger charge is 2.43. The molecule has 1 unspecified atom stereocenters. The molecule has 0 bridgehead atoms. The van der Waals surface area contributed by atoms with E-state index >= 15 is 0 Å². The highest BCUT2D eigenvalue weighted by molar-refractivity contribution is 6.06. The van der Waals surface area contributed by atoms with Gasteiger partial charge in [-0.3, -0.25) is 19.5 Å². The van der Waals surface area contributed by atoms with Gasteiger partial charge < -0.3 is 14.1 Å². The summed E-state index contributed by atoms with van der Waals surface area (Å²) in [5.74, 6) is -0.112. The van der Waals surface area contributed by atoms with E-state index in [9.17, 15) is 9.59 Å². The number of benzene rings is 2. The summed E-state index contributed by atoms with van der Waals surface area (Å²) in [6.45, 7) is 4.24. The van der Waals surface area contributed by atoms with Crippen LogP contribution in [0.1, 0.15) is 27.7 Å². The second kappa shape index (κ2) is 8.10. The number of hydrogen-bond acceptors (Lipinski definition) is 6. The molecule has 6 rings (SSSR count). The topological polar surface area (TPSA) is 75.9 Å². The molecule has 7 heteroatoms. The summed E-state index contributed by atoms with van der Waals surface area (Å²) in [7, 11) is 0. The zero-order valence-electron chi connectivity index (χ0n) is 18.1. The van der Waals surface area contributed by atoms with Crippen molar-refractivity contribution >= 4 is 27.6 Å². The number of pyridine rings is 1.